The van der Waals surface area contributed by atoms with Gasteiger partial charge < -0.3 is 9.40 Å². The lowest BCUT2D eigenvalue weighted by molar-refractivity contribution is 0.489. The number of furan rings is 1. The fraction of sp³-hybridized carbons (Fsp3) is 0.222. The molecule has 0 spiro atoms. The summed E-state index contributed by atoms with van der Waals surface area (Å²) in [6, 6.07) is 3.74. The van der Waals surface area contributed by atoms with Crippen molar-refractivity contribution in [1.29, 1.82) is 0 Å². The van der Waals surface area contributed by atoms with Gasteiger partial charge in [0.2, 0.25) is 0 Å². The zero-order valence-electron chi connectivity index (χ0n) is 7.06. The molecule has 0 saturated heterocycles. The molecule has 0 aliphatic carbocycles. The molecule has 4 nitrogen and oxygen atoms in total. The van der Waals surface area contributed by atoms with Crippen LogP contribution in [0.5, 0.6) is 0 Å². The molecular weight excluding hydrogens is 168 g/mol. The van der Waals surface area contributed by atoms with Crippen LogP contribution in [0.4, 0.5) is 0 Å². The van der Waals surface area contributed by atoms with Gasteiger partial charge in [-0.2, -0.15) is 0 Å². The standard InChI is InChI=1S/C9H10N2O2/c12-9-10-4-6-11(9)5-3-8-2-1-7-13-8/h1-2,4,6-7H,3,5H2,(H,10,12). The number of hydrogen-bond acceptors (Lipinski definition) is 2. The Kier molecular flexibility index (Phi) is 2.04. The van der Waals surface area contributed by atoms with Crippen molar-refractivity contribution in [2.45, 2.75) is 13.0 Å². The topological polar surface area (TPSA) is 50.9 Å². The Labute approximate surface area is 74.8 Å². The predicted octanol–water partition coefficient (Wildman–Crippen LogP) is 1.01. The van der Waals surface area contributed by atoms with E-state index in [2.05, 4.69) is 4.98 Å². The second-order valence-corrected chi connectivity index (χ2v) is 2.79. The van der Waals surface area contributed by atoms with Gasteiger partial charge in [0, 0.05) is 25.4 Å². The first-order valence-corrected chi connectivity index (χ1v) is 4.12. The Bertz CT molecular complexity index is 411. The third-order valence-corrected chi connectivity index (χ3v) is 1.90. The van der Waals surface area contributed by atoms with Crippen LogP contribution in [0.1, 0.15) is 5.76 Å². The minimum absolute atomic E-state index is 0.0773. The van der Waals surface area contributed by atoms with E-state index in [4.69, 9.17) is 4.42 Å². The van der Waals surface area contributed by atoms with Gasteiger partial charge in [0.05, 0.1) is 6.26 Å². The summed E-state index contributed by atoms with van der Waals surface area (Å²) in [4.78, 5) is 13.6. The zero-order valence-corrected chi connectivity index (χ0v) is 7.06. The molecule has 2 aromatic heterocycles. The molecule has 0 saturated carbocycles. The van der Waals surface area contributed by atoms with Gasteiger partial charge in [-0.3, -0.25) is 4.57 Å². The predicted molar refractivity (Wildman–Crippen MR) is 47.5 cm³/mol. The number of nitrogens with one attached hydrogen (secondary N) is 1. The smallest absolute Gasteiger partial charge is 0.325 e. The first kappa shape index (κ1) is 7.91. The maximum atomic E-state index is 11.1. The van der Waals surface area contributed by atoms with Crippen molar-refractivity contribution < 1.29 is 4.42 Å². The van der Waals surface area contributed by atoms with Crippen molar-refractivity contribution in [3.63, 3.8) is 0 Å². The van der Waals surface area contributed by atoms with Crippen molar-refractivity contribution in [2.24, 2.45) is 0 Å². The lowest BCUT2D eigenvalue weighted by Crippen LogP contribution is -2.17. The fourth-order valence-electron chi connectivity index (χ4n) is 1.21. The van der Waals surface area contributed by atoms with E-state index < -0.39 is 0 Å². The number of aromatic amines is 1. The van der Waals surface area contributed by atoms with E-state index in [-0.39, 0.29) is 5.69 Å². The first-order chi connectivity index (χ1) is 6.36. The molecule has 68 valence electrons. The van der Waals surface area contributed by atoms with E-state index in [0.717, 1.165) is 12.2 Å². The molecule has 0 fully saturated rings. The molecule has 0 aliphatic rings. The van der Waals surface area contributed by atoms with Gasteiger partial charge in [-0.05, 0) is 12.1 Å². The summed E-state index contributed by atoms with van der Waals surface area (Å²) in [5.74, 6) is 0.896. The maximum absolute atomic E-state index is 11.1. The molecule has 2 aromatic rings. The molecule has 0 unspecified atom stereocenters. The van der Waals surface area contributed by atoms with Crippen LogP contribution >= 0.6 is 0 Å². The largest absolute Gasteiger partial charge is 0.469 e. The van der Waals surface area contributed by atoms with Gasteiger partial charge in [0.15, 0.2) is 0 Å². The molecule has 0 atom stereocenters. The van der Waals surface area contributed by atoms with Crippen LogP contribution < -0.4 is 5.69 Å². The Morgan fingerprint density at radius 3 is 3.08 bits per heavy atom. The number of nitrogens with zero attached hydrogens (tertiary/aromatic N) is 1. The number of rotatable bonds is 3. The SMILES string of the molecule is O=c1[nH]ccn1CCc1ccco1. The number of aryl methyl sites for hydroxylation is 2. The molecule has 0 aliphatic heterocycles. The van der Waals surface area contributed by atoms with Crippen LogP contribution in [-0.2, 0) is 13.0 Å². The van der Waals surface area contributed by atoms with Crippen LogP contribution in [0.3, 0.4) is 0 Å². The fourth-order valence-corrected chi connectivity index (χ4v) is 1.21. The molecule has 2 heterocycles. The highest BCUT2D eigenvalue weighted by Gasteiger charge is 1.98. The number of H-pyrrole nitrogens is 1. The summed E-state index contributed by atoms with van der Waals surface area (Å²) in [6.45, 7) is 0.649. The minimum Gasteiger partial charge on any atom is -0.469 e. The van der Waals surface area contributed by atoms with E-state index in [0.29, 0.717) is 6.54 Å². The monoisotopic (exact) mass is 178 g/mol. The highest BCUT2D eigenvalue weighted by atomic mass is 16.3. The molecule has 0 bridgehead atoms. The van der Waals surface area contributed by atoms with Gasteiger partial charge in [-0.1, -0.05) is 0 Å². The Hall–Kier alpha value is -1.71. The lowest BCUT2D eigenvalue weighted by Gasteiger charge is -1.97. The van der Waals surface area contributed by atoms with Crippen molar-refractivity contribution in [1.82, 2.24) is 9.55 Å². The summed E-state index contributed by atoms with van der Waals surface area (Å²) in [6.07, 6.45) is 5.73. The molecule has 0 aromatic carbocycles. The number of aromatic nitrogens is 2. The second kappa shape index (κ2) is 3.35. The van der Waals surface area contributed by atoms with E-state index in [1.165, 1.54) is 0 Å². The Balaban J connectivity index is 2.01. The van der Waals surface area contributed by atoms with E-state index in [1.54, 1.807) is 23.2 Å². The van der Waals surface area contributed by atoms with Gasteiger partial charge >= 0.3 is 5.69 Å². The van der Waals surface area contributed by atoms with Crippen LogP contribution in [0.25, 0.3) is 0 Å². The van der Waals surface area contributed by atoms with Crippen molar-refractivity contribution in [2.75, 3.05) is 0 Å². The van der Waals surface area contributed by atoms with Gasteiger partial charge in [-0.25, -0.2) is 4.79 Å². The quantitative estimate of drug-likeness (QED) is 0.762. The summed E-state index contributed by atoms with van der Waals surface area (Å²) >= 11 is 0. The lowest BCUT2D eigenvalue weighted by atomic mass is 10.3. The summed E-state index contributed by atoms with van der Waals surface area (Å²) in [5.41, 5.74) is -0.0773. The molecule has 13 heavy (non-hydrogen) atoms. The highest BCUT2D eigenvalue weighted by Crippen LogP contribution is 2.01. The van der Waals surface area contributed by atoms with E-state index in [1.807, 2.05) is 12.1 Å². The van der Waals surface area contributed by atoms with Gasteiger partial charge in [0.1, 0.15) is 5.76 Å². The molecule has 1 N–H and O–H groups in total. The zero-order chi connectivity index (χ0) is 9.10. The maximum Gasteiger partial charge on any atom is 0.325 e. The molecular formula is C9H10N2O2. The van der Waals surface area contributed by atoms with Gasteiger partial charge in [-0.15, -0.1) is 0 Å². The molecule has 2 rings (SSSR count). The summed E-state index contributed by atoms with van der Waals surface area (Å²) in [7, 11) is 0. The molecule has 0 amide bonds. The highest BCUT2D eigenvalue weighted by molar-refractivity contribution is 4.98. The van der Waals surface area contributed by atoms with Crippen molar-refractivity contribution >= 4 is 0 Å². The third-order valence-electron chi connectivity index (χ3n) is 1.90. The van der Waals surface area contributed by atoms with Gasteiger partial charge in [0.25, 0.3) is 0 Å². The van der Waals surface area contributed by atoms with Crippen LogP contribution in [-0.4, -0.2) is 9.55 Å². The van der Waals surface area contributed by atoms with Crippen molar-refractivity contribution in [3.05, 3.63) is 47.0 Å². The summed E-state index contributed by atoms with van der Waals surface area (Å²) in [5, 5.41) is 0. The van der Waals surface area contributed by atoms with Crippen molar-refractivity contribution in [3.8, 4) is 0 Å². The molecule has 0 radical (unpaired) electrons. The first-order valence-electron chi connectivity index (χ1n) is 4.12. The van der Waals surface area contributed by atoms with Crippen LogP contribution in [0, 0.1) is 0 Å². The second-order valence-electron chi connectivity index (χ2n) is 2.79. The third kappa shape index (κ3) is 1.72. The average molecular weight is 178 g/mol. The van der Waals surface area contributed by atoms with Crippen LogP contribution in [0.2, 0.25) is 0 Å². The molecule has 4 heteroatoms. The normalized spacial score (nSPS) is 10.5. The number of imidazole rings is 1. The van der Waals surface area contributed by atoms with Crippen LogP contribution in [0.15, 0.2) is 40.0 Å². The Morgan fingerprint density at radius 1 is 1.54 bits per heavy atom. The van der Waals surface area contributed by atoms with E-state index >= 15 is 0 Å². The number of hydrogen-bond donors (Lipinski definition) is 1. The minimum atomic E-state index is -0.0773. The summed E-state index contributed by atoms with van der Waals surface area (Å²) < 4.78 is 6.76. The Morgan fingerprint density at radius 2 is 2.46 bits per heavy atom. The average Bonchev–Trinajstić information content (AvgIpc) is 2.72. The van der Waals surface area contributed by atoms with E-state index in [9.17, 15) is 4.79 Å².